The topological polar surface area (TPSA) is 63.8 Å². The van der Waals surface area contributed by atoms with E-state index < -0.39 is 0 Å². The number of rotatable bonds is 3. The molecule has 0 atom stereocenters. The maximum absolute atomic E-state index is 5.93. The van der Waals surface area contributed by atoms with Crippen molar-refractivity contribution in [1.29, 1.82) is 0 Å². The highest BCUT2D eigenvalue weighted by Crippen LogP contribution is 2.27. The Labute approximate surface area is 109 Å². The standard InChI is InChI=1S/C12H15BrN4/c1-7(2)4-16-11-9(14)6-15-10-3-8(13)5-17-12(10)11/h3,5-7H,4,14H2,1-2H3,(H,15,16). The molecule has 2 aromatic heterocycles. The average molecular weight is 295 g/mol. The molecule has 2 rings (SSSR count). The fraction of sp³-hybridized carbons (Fsp3) is 0.333. The van der Waals surface area contributed by atoms with E-state index in [1.807, 2.05) is 6.07 Å². The number of nitrogens with two attached hydrogens (primary N) is 1. The lowest BCUT2D eigenvalue weighted by Gasteiger charge is -2.13. The zero-order valence-corrected chi connectivity index (χ0v) is 11.5. The van der Waals surface area contributed by atoms with Gasteiger partial charge in [-0.25, -0.2) is 0 Å². The Bertz CT molecular complexity index is 539. The van der Waals surface area contributed by atoms with E-state index in [0.717, 1.165) is 27.7 Å². The van der Waals surface area contributed by atoms with Gasteiger partial charge in [0.15, 0.2) is 0 Å². The third-order valence-electron chi connectivity index (χ3n) is 2.39. The number of aromatic nitrogens is 2. The van der Waals surface area contributed by atoms with Crippen LogP contribution in [0.4, 0.5) is 11.4 Å². The van der Waals surface area contributed by atoms with Crippen LogP contribution in [0.3, 0.4) is 0 Å². The molecule has 17 heavy (non-hydrogen) atoms. The fourth-order valence-corrected chi connectivity index (χ4v) is 1.87. The van der Waals surface area contributed by atoms with Crippen molar-refractivity contribution in [3.8, 4) is 0 Å². The first-order chi connectivity index (χ1) is 8.08. The van der Waals surface area contributed by atoms with Gasteiger partial charge in [-0.05, 0) is 27.9 Å². The Morgan fingerprint density at radius 3 is 2.82 bits per heavy atom. The highest BCUT2D eigenvalue weighted by molar-refractivity contribution is 9.10. The Morgan fingerprint density at radius 1 is 1.35 bits per heavy atom. The summed E-state index contributed by atoms with van der Waals surface area (Å²) < 4.78 is 0.914. The number of halogens is 1. The number of nitrogens with zero attached hydrogens (tertiary/aromatic N) is 2. The normalized spacial score (nSPS) is 11.1. The molecular weight excluding hydrogens is 280 g/mol. The maximum atomic E-state index is 5.93. The first kappa shape index (κ1) is 12.1. The van der Waals surface area contributed by atoms with E-state index in [0.29, 0.717) is 11.6 Å². The summed E-state index contributed by atoms with van der Waals surface area (Å²) in [5, 5.41) is 3.33. The second-order valence-electron chi connectivity index (χ2n) is 4.38. The second kappa shape index (κ2) is 4.87. The zero-order chi connectivity index (χ0) is 12.4. The minimum absolute atomic E-state index is 0.549. The van der Waals surface area contributed by atoms with Gasteiger partial charge in [0.25, 0.3) is 0 Å². The molecule has 0 aliphatic rings. The van der Waals surface area contributed by atoms with Crippen molar-refractivity contribution in [2.75, 3.05) is 17.6 Å². The summed E-state index contributed by atoms with van der Waals surface area (Å²) in [5.74, 6) is 0.549. The first-order valence-electron chi connectivity index (χ1n) is 5.51. The van der Waals surface area contributed by atoms with E-state index in [1.165, 1.54) is 0 Å². The summed E-state index contributed by atoms with van der Waals surface area (Å²) in [6.45, 7) is 5.16. The molecule has 3 N–H and O–H groups in total. The molecule has 0 aromatic carbocycles. The van der Waals surface area contributed by atoms with Crippen LogP contribution in [0, 0.1) is 5.92 Å². The first-order valence-corrected chi connectivity index (χ1v) is 6.31. The molecule has 4 nitrogen and oxygen atoms in total. The maximum Gasteiger partial charge on any atom is 0.114 e. The van der Waals surface area contributed by atoms with Crippen LogP contribution in [0.25, 0.3) is 11.0 Å². The van der Waals surface area contributed by atoms with Crippen LogP contribution in [0.15, 0.2) is 22.9 Å². The molecule has 0 amide bonds. The fourth-order valence-electron chi connectivity index (χ4n) is 1.55. The van der Waals surface area contributed by atoms with Crippen LogP contribution >= 0.6 is 15.9 Å². The minimum atomic E-state index is 0.549. The Kier molecular flexibility index (Phi) is 3.47. The second-order valence-corrected chi connectivity index (χ2v) is 5.30. The molecule has 0 spiro atoms. The van der Waals surface area contributed by atoms with E-state index in [9.17, 15) is 0 Å². The number of nitrogens with one attached hydrogen (secondary N) is 1. The largest absolute Gasteiger partial charge is 0.396 e. The van der Waals surface area contributed by atoms with Gasteiger partial charge in [-0.3, -0.25) is 9.97 Å². The predicted molar refractivity (Wildman–Crippen MR) is 75.0 cm³/mol. The Balaban J connectivity index is 2.48. The third-order valence-corrected chi connectivity index (χ3v) is 2.82. The summed E-state index contributed by atoms with van der Waals surface area (Å²) in [5.41, 5.74) is 9.08. The molecule has 0 saturated heterocycles. The van der Waals surface area contributed by atoms with Gasteiger partial charge in [-0.15, -0.1) is 0 Å². The lowest BCUT2D eigenvalue weighted by Crippen LogP contribution is -2.10. The van der Waals surface area contributed by atoms with Crippen molar-refractivity contribution in [2.45, 2.75) is 13.8 Å². The van der Waals surface area contributed by atoms with Gasteiger partial charge in [-0.1, -0.05) is 13.8 Å². The minimum Gasteiger partial charge on any atom is -0.396 e. The van der Waals surface area contributed by atoms with Crippen LogP contribution in [-0.2, 0) is 0 Å². The molecule has 2 heterocycles. The van der Waals surface area contributed by atoms with Crippen molar-refractivity contribution < 1.29 is 0 Å². The van der Waals surface area contributed by atoms with Crippen molar-refractivity contribution >= 4 is 38.3 Å². The van der Waals surface area contributed by atoms with Gasteiger partial charge in [0, 0.05) is 17.2 Å². The summed E-state index contributed by atoms with van der Waals surface area (Å²) in [6, 6.07) is 1.93. The van der Waals surface area contributed by atoms with E-state index in [1.54, 1.807) is 12.4 Å². The molecule has 0 aliphatic carbocycles. The van der Waals surface area contributed by atoms with Crippen LogP contribution in [0.5, 0.6) is 0 Å². The third kappa shape index (κ3) is 2.66. The molecule has 0 saturated carbocycles. The number of anilines is 2. The lowest BCUT2D eigenvalue weighted by atomic mass is 10.2. The summed E-state index contributed by atoms with van der Waals surface area (Å²) >= 11 is 3.38. The molecule has 0 fully saturated rings. The highest BCUT2D eigenvalue weighted by atomic mass is 79.9. The number of fused-ring (bicyclic) bond motifs is 1. The summed E-state index contributed by atoms with van der Waals surface area (Å²) in [7, 11) is 0. The molecule has 0 radical (unpaired) electrons. The van der Waals surface area contributed by atoms with E-state index in [-0.39, 0.29) is 0 Å². The van der Waals surface area contributed by atoms with Crippen LogP contribution in [-0.4, -0.2) is 16.5 Å². The van der Waals surface area contributed by atoms with Gasteiger partial charge in [0.1, 0.15) is 5.52 Å². The smallest absolute Gasteiger partial charge is 0.114 e. The van der Waals surface area contributed by atoms with E-state index in [2.05, 4.69) is 45.1 Å². The predicted octanol–water partition coefficient (Wildman–Crippen LogP) is 3.04. The SMILES string of the molecule is CC(C)CNc1c(N)cnc2cc(Br)cnc12. The van der Waals surface area contributed by atoms with Gasteiger partial charge >= 0.3 is 0 Å². The Hall–Kier alpha value is -1.36. The van der Waals surface area contributed by atoms with Gasteiger partial charge < -0.3 is 11.1 Å². The summed E-state index contributed by atoms with van der Waals surface area (Å²) in [4.78, 5) is 8.64. The highest BCUT2D eigenvalue weighted by Gasteiger charge is 2.08. The molecular formula is C12H15BrN4. The molecule has 0 unspecified atom stereocenters. The van der Waals surface area contributed by atoms with Gasteiger partial charge in [-0.2, -0.15) is 0 Å². The van der Waals surface area contributed by atoms with Gasteiger partial charge in [0.2, 0.25) is 0 Å². The lowest BCUT2D eigenvalue weighted by molar-refractivity contribution is 0.689. The van der Waals surface area contributed by atoms with Crippen molar-refractivity contribution in [3.05, 3.63) is 22.9 Å². The quantitative estimate of drug-likeness (QED) is 0.913. The van der Waals surface area contributed by atoms with Crippen molar-refractivity contribution in [3.63, 3.8) is 0 Å². The van der Waals surface area contributed by atoms with Crippen molar-refractivity contribution in [2.24, 2.45) is 5.92 Å². The van der Waals surface area contributed by atoms with Crippen LogP contribution < -0.4 is 11.1 Å². The monoisotopic (exact) mass is 294 g/mol. The average Bonchev–Trinajstić information content (AvgIpc) is 2.27. The summed E-state index contributed by atoms with van der Waals surface area (Å²) in [6.07, 6.45) is 3.42. The van der Waals surface area contributed by atoms with Crippen LogP contribution in [0.1, 0.15) is 13.8 Å². The number of hydrogen-bond acceptors (Lipinski definition) is 4. The van der Waals surface area contributed by atoms with E-state index >= 15 is 0 Å². The number of pyridine rings is 2. The van der Waals surface area contributed by atoms with Crippen LogP contribution in [0.2, 0.25) is 0 Å². The number of nitrogen functional groups attached to an aromatic ring is 1. The van der Waals surface area contributed by atoms with Crippen molar-refractivity contribution in [1.82, 2.24) is 9.97 Å². The Morgan fingerprint density at radius 2 is 2.12 bits per heavy atom. The molecule has 90 valence electrons. The number of hydrogen-bond donors (Lipinski definition) is 2. The van der Waals surface area contributed by atoms with E-state index in [4.69, 9.17) is 5.73 Å². The molecule has 0 bridgehead atoms. The van der Waals surface area contributed by atoms with Gasteiger partial charge in [0.05, 0.1) is 23.1 Å². The zero-order valence-electron chi connectivity index (χ0n) is 9.87. The molecule has 0 aliphatic heterocycles. The molecule has 2 aromatic rings. The molecule has 5 heteroatoms.